The minimum atomic E-state index is -0.156. The molecule has 1 atom stereocenters. The van der Waals surface area contributed by atoms with E-state index in [-0.39, 0.29) is 11.9 Å². The molecule has 1 heterocycles. The summed E-state index contributed by atoms with van der Waals surface area (Å²) in [6.07, 6.45) is 3.90. The number of aromatic nitrogens is 3. The number of nitrogens with zero attached hydrogens (tertiary/aromatic N) is 3. The van der Waals surface area contributed by atoms with Crippen molar-refractivity contribution in [1.82, 2.24) is 20.1 Å². The summed E-state index contributed by atoms with van der Waals surface area (Å²) in [5.74, 6) is 0.329. The fourth-order valence-corrected chi connectivity index (χ4v) is 2.05. The molecule has 1 amide bonds. The molecule has 2 rings (SSSR count). The number of hydrogen-bond acceptors (Lipinski definition) is 4. The van der Waals surface area contributed by atoms with Gasteiger partial charge in [0.05, 0.1) is 12.1 Å². The number of rotatable bonds is 6. The molecule has 6 nitrogen and oxygen atoms in total. The van der Waals surface area contributed by atoms with E-state index in [9.17, 15) is 4.79 Å². The Bertz CT molecular complexity index is 601. The average molecular weight is 309 g/mol. The Kier molecular flexibility index (Phi) is 5.16. The molecule has 0 bridgehead atoms. The molecular weight excluding hydrogens is 292 g/mol. The Morgan fingerprint density at radius 1 is 1.52 bits per heavy atom. The van der Waals surface area contributed by atoms with E-state index < -0.39 is 0 Å². The third kappa shape index (κ3) is 4.19. The Balaban J connectivity index is 1.91. The van der Waals surface area contributed by atoms with Crippen LogP contribution in [0.1, 0.15) is 23.7 Å². The summed E-state index contributed by atoms with van der Waals surface area (Å²) < 4.78 is 6.84. The highest BCUT2D eigenvalue weighted by atomic mass is 35.5. The normalized spacial score (nSPS) is 12.0. The molecule has 7 heteroatoms. The fourth-order valence-electron chi connectivity index (χ4n) is 1.85. The minimum Gasteiger partial charge on any atom is -0.495 e. The zero-order valence-electron chi connectivity index (χ0n) is 11.9. The van der Waals surface area contributed by atoms with Crippen LogP contribution in [0, 0.1) is 0 Å². The summed E-state index contributed by atoms with van der Waals surface area (Å²) in [4.78, 5) is 16.0. The summed E-state index contributed by atoms with van der Waals surface area (Å²) in [7, 11) is 1.52. The molecule has 1 aromatic heterocycles. The Hall–Kier alpha value is -2.08. The first kappa shape index (κ1) is 15.3. The minimum absolute atomic E-state index is 0.0170. The molecule has 1 N–H and O–H groups in total. The van der Waals surface area contributed by atoms with Gasteiger partial charge in [0, 0.05) is 18.2 Å². The zero-order valence-corrected chi connectivity index (χ0v) is 12.7. The molecule has 0 saturated carbocycles. The van der Waals surface area contributed by atoms with Crippen LogP contribution in [-0.2, 0) is 6.54 Å². The molecular formula is C14H17ClN4O2. The van der Waals surface area contributed by atoms with Crippen molar-refractivity contribution in [3.8, 4) is 5.75 Å². The average Bonchev–Trinajstić information content (AvgIpc) is 2.99. The van der Waals surface area contributed by atoms with Gasteiger partial charge in [-0.05, 0) is 31.5 Å². The van der Waals surface area contributed by atoms with E-state index in [0.717, 1.165) is 6.42 Å². The second-order valence-electron chi connectivity index (χ2n) is 4.67. The monoisotopic (exact) mass is 308 g/mol. The SMILES string of the molecule is COc1cc(C(=O)N[C@@H](C)CCn2cncn2)ccc1Cl. The van der Waals surface area contributed by atoms with Crippen LogP contribution in [0.4, 0.5) is 0 Å². The first-order chi connectivity index (χ1) is 10.1. The number of halogens is 1. The lowest BCUT2D eigenvalue weighted by Gasteiger charge is -2.14. The third-order valence-corrected chi connectivity index (χ3v) is 3.36. The first-order valence-corrected chi connectivity index (χ1v) is 6.94. The summed E-state index contributed by atoms with van der Waals surface area (Å²) in [5, 5.41) is 7.43. The van der Waals surface area contributed by atoms with Crippen LogP contribution in [0.2, 0.25) is 5.02 Å². The highest BCUT2D eigenvalue weighted by Gasteiger charge is 2.12. The number of amides is 1. The van der Waals surface area contributed by atoms with Gasteiger partial charge < -0.3 is 10.1 Å². The van der Waals surface area contributed by atoms with Gasteiger partial charge in [0.1, 0.15) is 18.4 Å². The lowest BCUT2D eigenvalue weighted by Crippen LogP contribution is -2.33. The Morgan fingerprint density at radius 2 is 2.33 bits per heavy atom. The number of aryl methyl sites for hydroxylation is 1. The van der Waals surface area contributed by atoms with Gasteiger partial charge in [0.25, 0.3) is 5.91 Å². The van der Waals surface area contributed by atoms with Crippen molar-refractivity contribution in [2.75, 3.05) is 7.11 Å². The molecule has 1 aromatic carbocycles. The lowest BCUT2D eigenvalue weighted by atomic mass is 10.1. The van der Waals surface area contributed by atoms with Gasteiger partial charge in [0.15, 0.2) is 0 Å². The fraction of sp³-hybridized carbons (Fsp3) is 0.357. The summed E-state index contributed by atoms with van der Waals surface area (Å²) in [5.41, 5.74) is 0.517. The van der Waals surface area contributed by atoms with E-state index in [4.69, 9.17) is 16.3 Å². The van der Waals surface area contributed by atoms with Crippen molar-refractivity contribution in [3.63, 3.8) is 0 Å². The maximum absolute atomic E-state index is 12.2. The highest BCUT2D eigenvalue weighted by molar-refractivity contribution is 6.32. The largest absolute Gasteiger partial charge is 0.495 e. The van der Waals surface area contributed by atoms with E-state index in [0.29, 0.717) is 22.9 Å². The number of ether oxygens (including phenoxy) is 1. The van der Waals surface area contributed by atoms with E-state index in [1.165, 1.54) is 13.4 Å². The van der Waals surface area contributed by atoms with Crippen molar-refractivity contribution in [1.29, 1.82) is 0 Å². The van der Waals surface area contributed by atoms with Gasteiger partial charge in [0.2, 0.25) is 0 Å². The van der Waals surface area contributed by atoms with Crippen molar-refractivity contribution in [2.24, 2.45) is 0 Å². The number of carbonyl (C=O) groups excluding carboxylic acids is 1. The maximum Gasteiger partial charge on any atom is 0.251 e. The quantitative estimate of drug-likeness (QED) is 0.888. The standard InChI is InChI=1S/C14H17ClN4O2/c1-10(5-6-19-9-16-8-17-19)18-14(20)11-3-4-12(15)13(7-11)21-2/h3-4,7-10H,5-6H2,1-2H3,(H,18,20)/t10-/m0/s1. The summed E-state index contributed by atoms with van der Waals surface area (Å²) >= 11 is 5.94. The second kappa shape index (κ2) is 7.08. The molecule has 21 heavy (non-hydrogen) atoms. The van der Waals surface area contributed by atoms with Crippen LogP contribution in [0.3, 0.4) is 0 Å². The predicted octanol–water partition coefficient (Wildman–Crippen LogP) is 2.15. The smallest absolute Gasteiger partial charge is 0.251 e. The predicted molar refractivity (Wildman–Crippen MR) is 79.6 cm³/mol. The van der Waals surface area contributed by atoms with E-state index >= 15 is 0 Å². The number of methoxy groups -OCH3 is 1. The maximum atomic E-state index is 12.2. The first-order valence-electron chi connectivity index (χ1n) is 6.57. The van der Waals surface area contributed by atoms with Crippen molar-refractivity contribution in [2.45, 2.75) is 25.9 Å². The molecule has 0 aliphatic carbocycles. The molecule has 2 aromatic rings. The van der Waals surface area contributed by atoms with Crippen LogP contribution in [0.15, 0.2) is 30.9 Å². The third-order valence-electron chi connectivity index (χ3n) is 3.05. The van der Waals surface area contributed by atoms with Crippen molar-refractivity contribution < 1.29 is 9.53 Å². The zero-order chi connectivity index (χ0) is 15.2. The Labute approximate surface area is 128 Å². The molecule has 0 fully saturated rings. The topological polar surface area (TPSA) is 69.0 Å². The molecule has 112 valence electrons. The van der Waals surface area contributed by atoms with Gasteiger partial charge in [-0.15, -0.1) is 0 Å². The second-order valence-corrected chi connectivity index (χ2v) is 5.08. The molecule has 0 saturated heterocycles. The van der Waals surface area contributed by atoms with Crippen LogP contribution in [-0.4, -0.2) is 33.8 Å². The number of nitrogens with one attached hydrogen (secondary N) is 1. The van der Waals surface area contributed by atoms with Gasteiger partial charge in [-0.25, -0.2) is 4.98 Å². The molecule has 0 radical (unpaired) electrons. The van der Waals surface area contributed by atoms with Crippen molar-refractivity contribution in [3.05, 3.63) is 41.4 Å². The van der Waals surface area contributed by atoms with Gasteiger partial charge in [-0.2, -0.15) is 5.10 Å². The molecule has 0 unspecified atom stereocenters. The number of hydrogen-bond donors (Lipinski definition) is 1. The number of benzene rings is 1. The molecule has 0 aliphatic heterocycles. The molecule has 0 spiro atoms. The van der Waals surface area contributed by atoms with Crippen LogP contribution in [0.5, 0.6) is 5.75 Å². The summed E-state index contributed by atoms with van der Waals surface area (Å²) in [6.45, 7) is 2.65. The van der Waals surface area contributed by atoms with E-state index in [1.54, 1.807) is 29.2 Å². The van der Waals surface area contributed by atoms with Gasteiger partial charge in [-0.1, -0.05) is 11.6 Å². The van der Waals surface area contributed by atoms with Crippen LogP contribution < -0.4 is 10.1 Å². The molecule has 0 aliphatic rings. The van der Waals surface area contributed by atoms with Crippen LogP contribution >= 0.6 is 11.6 Å². The van der Waals surface area contributed by atoms with Crippen molar-refractivity contribution >= 4 is 17.5 Å². The van der Waals surface area contributed by atoms with E-state index in [2.05, 4.69) is 15.4 Å². The highest BCUT2D eigenvalue weighted by Crippen LogP contribution is 2.24. The van der Waals surface area contributed by atoms with Gasteiger partial charge in [-0.3, -0.25) is 9.48 Å². The summed E-state index contributed by atoms with van der Waals surface area (Å²) in [6, 6.07) is 4.96. The number of carbonyl (C=O) groups is 1. The lowest BCUT2D eigenvalue weighted by molar-refractivity contribution is 0.0937. The van der Waals surface area contributed by atoms with Crippen LogP contribution in [0.25, 0.3) is 0 Å². The Morgan fingerprint density at radius 3 is 3.00 bits per heavy atom. The van der Waals surface area contributed by atoms with E-state index in [1.807, 2.05) is 6.92 Å². The van der Waals surface area contributed by atoms with Gasteiger partial charge >= 0.3 is 0 Å².